The van der Waals surface area contributed by atoms with Gasteiger partial charge in [0.05, 0.1) is 5.69 Å². The average Bonchev–Trinajstić information content (AvgIpc) is 3.04. The van der Waals surface area contributed by atoms with Crippen LogP contribution in [0.1, 0.15) is 18.9 Å². The van der Waals surface area contributed by atoms with E-state index in [9.17, 15) is 5.11 Å². The van der Waals surface area contributed by atoms with Gasteiger partial charge >= 0.3 is 0 Å². The molecule has 0 radical (unpaired) electrons. The van der Waals surface area contributed by atoms with Gasteiger partial charge in [-0.1, -0.05) is 35.9 Å². The number of aliphatic hydroxyl groups is 1. The summed E-state index contributed by atoms with van der Waals surface area (Å²) in [5.41, 5.74) is 7.85. The number of aliphatic hydroxyl groups excluding tert-OH is 1. The molecule has 1 heterocycles. The number of nitrogens with zero attached hydrogens (tertiary/aromatic N) is 1. The molecule has 5 heteroatoms. The summed E-state index contributed by atoms with van der Waals surface area (Å²) in [7, 11) is 0. The SMILES string of the molecule is CC(O)C(Oc1ccccc1N)N1CCC(Cc2ccc(Cl)cc2)C1. The second-order valence-corrected chi connectivity index (χ2v) is 7.20. The van der Waals surface area contributed by atoms with Crippen LogP contribution in [0.15, 0.2) is 48.5 Å². The molecule has 1 fully saturated rings. The van der Waals surface area contributed by atoms with Gasteiger partial charge in [0.15, 0.2) is 6.23 Å². The van der Waals surface area contributed by atoms with E-state index in [4.69, 9.17) is 22.1 Å². The Bertz CT molecular complexity index is 690. The van der Waals surface area contributed by atoms with Gasteiger partial charge in [-0.05, 0) is 55.5 Å². The van der Waals surface area contributed by atoms with Crippen molar-refractivity contribution in [3.63, 3.8) is 0 Å². The molecule has 3 unspecified atom stereocenters. The van der Waals surface area contributed by atoms with Crippen LogP contribution in [-0.2, 0) is 6.42 Å². The second kappa shape index (κ2) is 8.09. The van der Waals surface area contributed by atoms with Crippen molar-refractivity contribution in [2.24, 2.45) is 5.92 Å². The number of hydrogen-bond donors (Lipinski definition) is 2. The molecular weight excluding hydrogens is 336 g/mol. The first-order valence-corrected chi connectivity index (χ1v) is 9.08. The number of halogens is 1. The Balaban J connectivity index is 1.63. The first kappa shape index (κ1) is 18.1. The maximum Gasteiger partial charge on any atom is 0.178 e. The van der Waals surface area contributed by atoms with Crippen LogP contribution < -0.4 is 10.5 Å². The molecule has 2 aromatic rings. The molecule has 0 bridgehead atoms. The summed E-state index contributed by atoms with van der Waals surface area (Å²) >= 11 is 5.95. The largest absolute Gasteiger partial charge is 0.470 e. The lowest BCUT2D eigenvalue weighted by molar-refractivity contribution is -0.0488. The van der Waals surface area contributed by atoms with E-state index in [0.29, 0.717) is 17.4 Å². The van der Waals surface area contributed by atoms with Gasteiger partial charge in [-0.3, -0.25) is 4.90 Å². The third kappa shape index (κ3) is 4.66. The molecule has 3 rings (SSSR count). The van der Waals surface area contributed by atoms with E-state index in [1.54, 1.807) is 6.92 Å². The smallest absolute Gasteiger partial charge is 0.178 e. The zero-order valence-corrected chi connectivity index (χ0v) is 15.2. The molecule has 1 aliphatic heterocycles. The third-order valence-electron chi connectivity index (χ3n) is 4.69. The van der Waals surface area contributed by atoms with Gasteiger partial charge < -0.3 is 15.6 Å². The van der Waals surface area contributed by atoms with Crippen molar-refractivity contribution in [3.05, 3.63) is 59.1 Å². The Morgan fingerprint density at radius 1 is 1.24 bits per heavy atom. The van der Waals surface area contributed by atoms with Gasteiger partial charge in [0, 0.05) is 18.1 Å². The van der Waals surface area contributed by atoms with Crippen LogP contribution in [0.4, 0.5) is 5.69 Å². The lowest BCUT2D eigenvalue weighted by Gasteiger charge is -2.31. The van der Waals surface area contributed by atoms with E-state index < -0.39 is 6.10 Å². The van der Waals surface area contributed by atoms with Crippen LogP contribution in [0.25, 0.3) is 0 Å². The molecule has 0 spiro atoms. The van der Waals surface area contributed by atoms with Crippen LogP contribution in [0.2, 0.25) is 5.02 Å². The number of anilines is 1. The maximum absolute atomic E-state index is 10.2. The van der Waals surface area contributed by atoms with Gasteiger partial charge in [0.1, 0.15) is 11.9 Å². The highest BCUT2D eigenvalue weighted by molar-refractivity contribution is 6.30. The Morgan fingerprint density at radius 3 is 2.64 bits per heavy atom. The maximum atomic E-state index is 10.2. The molecule has 1 saturated heterocycles. The van der Waals surface area contributed by atoms with Gasteiger partial charge in [-0.15, -0.1) is 0 Å². The molecule has 0 aliphatic carbocycles. The zero-order chi connectivity index (χ0) is 17.8. The van der Waals surface area contributed by atoms with E-state index in [2.05, 4.69) is 17.0 Å². The summed E-state index contributed by atoms with van der Waals surface area (Å²) in [4.78, 5) is 2.21. The molecular formula is C20H25ClN2O2. The minimum Gasteiger partial charge on any atom is -0.470 e. The highest BCUT2D eigenvalue weighted by Crippen LogP contribution is 2.28. The zero-order valence-electron chi connectivity index (χ0n) is 14.4. The normalized spacial score (nSPS) is 20.4. The molecule has 0 saturated carbocycles. The summed E-state index contributed by atoms with van der Waals surface area (Å²) in [5.74, 6) is 1.16. The number of hydrogen-bond acceptors (Lipinski definition) is 4. The Labute approximate surface area is 154 Å². The Hall–Kier alpha value is -1.75. The van der Waals surface area contributed by atoms with Crippen molar-refractivity contribution in [1.82, 2.24) is 4.90 Å². The highest BCUT2D eigenvalue weighted by atomic mass is 35.5. The van der Waals surface area contributed by atoms with Crippen molar-refractivity contribution < 1.29 is 9.84 Å². The van der Waals surface area contributed by atoms with Crippen molar-refractivity contribution in [2.75, 3.05) is 18.8 Å². The summed E-state index contributed by atoms with van der Waals surface area (Å²) in [6.07, 6.45) is 1.10. The summed E-state index contributed by atoms with van der Waals surface area (Å²) in [5, 5.41) is 11.0. The van der Waals surface area contributed by atoms with Gasteiger partial charge in [0.2, 0.25) is 0 Å². The predicted octanol–water partition coefficient (Wildman–Crippen LogP) is 3.57. The van der Waals surface area contributed by atoms with Crippen molar-refractivity contribution in [2.45, 2.75) is 32.1 Å². The Kier molecular flexibility index (Phi) is 5.84. The number of nitrogen functional groups attached to an aromatic ring is 1. The minimum absolute atomic E-state index is 0.389. The molecule has 25 heavy (non-hydrogen) atoms. The fraction of sp³-hybridized carbons (Fsp3) is 0.400. The van der Waals surface area contributed by atoms with Gasteiger partial charge in [-0.25, -0.2) is 0 Å². The molecule has 0 aromatic heterocycles. The molecule has 2 aromatic carbocycles. The van der Waals surface area contributed by atoms with Crippen LogP contribution in [0, 0.1) is 5.92 Å². The Morgan fingerprint density at radius 2 is 1.96 bits per heavy atom. The predicted molar refractivity (Wildman–Crippen MR) is 102 cm³/mol. The number of ether oxygens (including phenoxy) is 1. The molecule has 134 valence electrons. The van der Waals surface area contributed by atoms with Crippen molar-refractivity contribution in [3.8, 4) is 5.75 Å². The fourth-order valence-corrected chi connectivity index (χ4v) is 3.54. The van der Waals surface area contributed by atoms with E-state index >= 15 is 0 Å². The average molecular weight is 361 g/mol. The topological polar surface area (TPSA) is 58.7 Å². The number of nitrogens with two attached hydrogens (primary N) is 1. The van der Waals surface area contributed by atoms with Crippen LogP contribution in [0.5, 0.6) is 5.75 Å². The van der Waals surface area contributed by atoms with E-state index in [0.717, 1.165) is 31.0 Å². The van der Waals surface area contributed by atoms with Gasteiger partial charge in [-0.2, -0.15) is 0 Å². The molecule has 3 atom stereocenters. The van der Waals surface area contributed by atoms with Crippen LogP contribution in [0.3, 0.4) is 0 Å². The summed E-state index contributed by atoms with van der Waals surface area (Å²) < 4.78 is 6.04. The quantitative estimate of drug-likeness (QED) is 0.773. The highest BCUT2D eigenvalue weighted by Gasteiger charge is 2.32. The summed E-state index contributed by atoms with van der Waals surface area (Å²) in [6, 6.07) is 15.4. The number of likely N-dealkylation sites (tertiary alicyclic amines) is 1. The van der Waals surface area contributed by atoms with Crippen LogP contribution >= 0.6 is 11.6 Å². The number of para-hydroxylation sites is 2. The first-order chi connectivity index (χ1) is 12.0. The molecule has 3 N–H and O–H groups in total. The molecule has 1 aliphatic rings. The number of benzene rings is 2. The van der Waals surface area contributed by atoms with Crippen molar-refractivity contribution in [1.29, 1.82) is 0 Å². The fourth-order valence-electron chi connectivity index (χ4n) is 3.41. The minimum atomic E-state index is -0.603. The third-order valence-corrected chi connectivity index (χ3v) is 4.95. The molecule has 0 amide bonds. The van der Waals surface area contributed by atoms with E-state index in [-0.39, 0.29) is 6.23 Å². The monoisotopic (exact) mass is 360 g/mol. The standard InChI is InChI=1S/C20H25ClN2O2/c1-14(24)20(25-19-5-3-2-4-18(19)22)23-11-10-16(13-23)12-15-6-8-17(21)9-7-15/h2-9,14,16,20,24H,10-13,22H2,1H3. The molecule has 4 nitrogen and oxygen atoms in total. The van der Waals surface area contributed by atoms with E-state index in [1.807, 2.05) is 36.4 Å². The number of rotatable bonds is 6. The second-order valence-electron chi connectivity index (χ2n) is 6.77. The lowest BCUT2D eigenvalue weighted by atomic mass is 9.99. The van der Waals surface area contributed by atoms with Gasteiger partial charge in [0.25, 0.3) is 0 Å². The van der Waals surface area contributed by atoms with E-state index in [1.165, 1.54) is 5.56 Å². The lowest BCUT2D eigenvalue weighted by Crippen LogP contribution is -2.45. The first-order valence-electron chi connectivity index (χ1n) is 8.70. The summed E-state index contributed by atoms with van der Waals surface area (Å²) in [6.45, 7) is 3.56. The van der Waals surface area contributed by atoms with Crippen molar-refractivity contribution >= 4 is 17.3 Å². The van der Waals surface area contributed by atoms with Crippen LogP contribution in [-0.4, -0.2) is 35.4 Å².